The van der Waals surface area contributed by atoms with Crippen molar-refractivity contribution in [2.24, 2.45) is 0 Å². The molecule has 1 N–H and O–H groups in total. The maximum atomic E-state index is 11.3. The van der Waals surface area contributed by atoms with Gasteiger partial charge in [-0.2, -0.15) is 5.10 Å². The molecule has 0 atom stereocenters. The summed E-state index contributed by atoms with van der Waals surface area (Å²) >= 11 is 0. The molecule has 0 amide bonds. The van der Waals surface area contributed by atoms with Crippen molar-refractivity contribution in [1.29, 1.82) is 0 Å². The molecule has 0 aromatic carbocycles. The third-order valence-corrected chi connectivity index (χ3v) is 4.63. The molecule has 0 bridgehead atoms. The predicted molar refractivity (Wildman–Crippen MR) is 75.9 cm³/mol. The van der Waals surface area contributed by atoms with Gasteiger partial charge in [0.05, 0.1) is 11.9 Å². The molecule has 5 nitrogen and oxygen atoms in total. The van der Waals surface area contributed by atoms with Crippen LogP contribution in [-0.2, 0) is 10.8 Å². The number of aromatic nitrogens is 3. The zero-order valence-electron chi connectivity index (χ0n) is 10.5. The fraction of sp³-hybridized carbons (Fsp3) is 0.385. The molecular weight excluding hydrogens is 260 g/mol. The van der Waals surface area contributed by atoms with Crippen molar-refractivity contribution in [2.45, 2.75) is 18.9 Å². The number of rotatable bonds is 3. The van der Waals surface area contributed by atoms with E-state index in [2.05, 4.69) is 15.4 Å². The fourth-order valence-electron chi connectivity index (χ4n) is 2.19. The van der Waals surface area contributed by atoms with E-state index in [1.54, 1.807) is 10.9 Å². The second kappa shape index (κ2) is 5.52. The van der Waals surface area contributed by atoms with Gasteiger partial charge < -0.3 is 5.32 Å². The first-order chi connectivity index (χ1) is 9.31. The lowest BCUT2D eigenvalue weighted by Crippen LogP contribution is -2.29. The van der Waals surface area contributed by atoms with Crippen molar-refractivity contribution in [3.05, 3.63) is 36.8 Å². The molecule has 19 heavy (non-hydrogen) atoms. The maximum Gasteiger partial charge on any atom is 0.153 e. The zero-order valence-corrected chi connectivity index (χ0v) is 11.3. The third kappa shape index (κ3) is 3.01. The van der Waals surface area contributed by atoms with E-state index in [0.717, 1.165) is 35.9 Å². The lowest BCUT2D eigenvalue weighted by atomic mass is 10.1. The van der Waals surface area contributed by atoms with E-state index >= 15 is 0 Å². The SMILES string of the molecule is O=S1CCC(Nc2ccc(-n3cccn3)nc2)CC1. The number of nitrogens with one attached hydrogen (secondary N) is 1. The van der Waals surface area contributed by atoms with Gasteiger partial charge in [0.1, 0.15) is 0 Å². The fourth-order valence-corrected chi connectivity index (χ4v) is 3.48. The van der Waals surface area contributed by atoms with Crippen LogP contribution in [0, 0.1) is 0 Å². The van der Waals surface area contributed by atoms with Crippen LogP contribution in [0.15, 0.2) is 36.8 Å². The zero-order chi connectivity index (χ0) is 13.1. The van der Waals surface area contributed by atoms with Gasteiger partial charge in [0.15, 0.2) is 5.82 Å². The van der Waals surface area contributed by atoms with Crippen LogP contribution in [0.1, 0.15) is 12.8 Å². The Bertz CT molecular complexity index is 543. The summed E-state index contributed by atoms with van der Waals surface area (Å²) in [6.45, 7) is 0. The molecule has 2 aromatic heterocycles. The summed E-state index contributed by atoms with van der Waals surface area (Å²) in [5.41, 5.74) is 1.01. The average Bonchev–Trinajstić information content (AvgIpc) is 2.96. The van der Waals surface area contributed by atoms with Crippen molar-refractivity contribution in [3.8, 4) is 5.82 Å². The number of hydrogen-bond donors (Lipinski definition) is 1. The number of hydrogen-bond acceptors (Lipinski definition) is 4. The first-order valence-electron chi connectivity index (χ1n) is 6.39. The highest BCUT2D eigenvalue weighted by Gasteiger charge is 2.17. The second-order valence-electron chi connectivity index (χ2n) is 4.62. The topological polar surface area (TPSA) is 59.8 Å². The van der Waals surface area contributed by atoms with E-state index in [1.165, 1.54) is 0 Å². The van der Waals surface area contributed by atoms with Crippen LogP contribution in [0.5, 0.6) is 0 Å². The lowest BCUT2D eigenvalue weighted by molar-refractivity contribution is 0.624. The van der Waals surface area contributed by atoms with Gasteiger partial charge in [-0.15, -0.1) is 0 Å². The standard InChI is InChI=1S/C13H16N4OS/c18-19-8-4-11(5-9-19)16-12-2-3-13(14-10-12)17-7-1-6-15-17/h1-3,6-7,10-11,16H,4-5,8-9H2. The number of nitrogens with zero attached hydrogens (tertiary/aromatic N) is 3. The number of pyridine rings is 1. The van der Waals surface area contributed by atoms with Gasteiger partial charge in [-0.25, -0.2) is 9.67 Å². The number of anilines is 1. The van der Waals surface area contributed by atoms with E-state index in [9.17, 15) is 4.21 Å². The Labute approximate surface area is 114 Å². The summed E-state index contributed by atoms with van der Waals surface area (Å²) < 4.78 is 13.0. The Balaban J connectivity index is 1.65. The molecule has 3 heterocycles. The van der Waals surface area contributed by atoms with Gasteiger partial charge in [-0.1, -0.05) is 0 Å². The van der Waals surface area contributed by atoms with Crippen LogP contribution in [0.3, 0.4) is 0 Å². The molecule has 1 fully saturated rings. The Morgan fingerprint density at radius 3 is 2.79 bits per heavy atom. The molecular formula is C13H16N4OS. The van der Waals surface area contributed by atoms with Gasteiger partial charge in [-0.05, 0) is 31.0 Å². The molecule has 0 saturated carbocycles. The normalized spacial score (nSPS) is 23.2. The van der Waals surface area contributed by atoms with Crippen molar-refractivity contribution in [1.82, 2.24) is 14.8 Å². The summed E-state index contributed by atoms with van der Waals surface area (Å²) in [5, 5.41) is 7.59. The molecule has 1 saturated heterocycles. The molecule has 1 aliphatic heterocycles. The largest absolute Gasteiger partial charge is 0.381 e. The van der Waals surface area contributed by atoms with Crippen LogP contribution < -0.4 is 5.32 Å². The first kappa shape index (κ1) is 12.3. The van der Waals surface area contributed by atoms with E-state index < -0.39 is 10.8 Å². The highest BCUT2D eigenvalue weighted by atomic mass is 32.2. The summed E-state index contributed by atoms with van der Waals surface area (Å²) in [6.07, 6.45) is 7.35. The van der Waals surface area contributed by atoms with Crippen LogP contribution in [-0.4, -0.2) is 36.5 Å². The minimum atomic E-state index is -0.610. The first-order valence-corrected chi connectivity index (χ1v) is 7.88. The van der Waals surface area contributed by atoms with Gasteiger partial charge >= 0.3 is 0 Å². The molecule has 0 aliphatic carbocycles. The molecule has 100 valence electrons. The molecule has 6 heteroatoms. The van der Waals surface area contributed by atoms with E-state index in [0.29, 0.717) is 6.04 Å². The van der Waals surface area contributed by atoms with Gasteiger partial charge in [0.2, 0.25) is 0 Å². The van der Waals surface area contributed by atoms with Crippen LogP contribution in [0.25, 0.3) is 5.82 Å². The van der Waals surface area contributed by atoms with E-state index in [1.807, 2.05) is 30.6 Å². The highest BCUT2D eigenvalue weighted by molar-refractivity contribution is 7.85. The summed E-state index contributed by atoms with van der Waals surface area (Å²) in [6, 6.07) is 6.23. The molecule has 2 aromatic rings. The minimum Gasteiger partial charge on any atom is -0.381 e. The van der Waals surface area contributed by atoms with Crippen molar-refractivity contribution < 1.29 is 4.21 Å². The summed E-state index contributed by atoms with van der Waals surface area (Å²) in [4.78, 5) is 4.38. The van der Waals surface area contributed by atoms with E-state index in [4.69, 9.17) is 0 Å². The molecule has 0 radical (unpaired) electrons. The predicted octanol–water partition coefficient (Wildman–Crippen LogP) is 1.59. The Kier molecular flexibility index (Phi) is 3.59. The Morgan fingerprint density at radius 1 is 1.32 bits per heavy atom. The Morgan fingerprint density at radius 2 is 2.16 bits per heavy atom. The van der Waals surface area contributed by atoms with Crippen LogP contribution in [0.2, 0.25) is 0 Å². The van der Waals surface area contributed by atoms with Gasteiger partial charge in [-0.3, -0.25) is 4.21 Å². The van der Waals surface area contributed by atoms with E-state index in [-0.39, 0.29) is 0 Å². The smallest absolute Gasteiger partial charge is 0.153 e. The highest BCUT2D eigenvalue weighted by Crippen LogP contribution is 2.16. The minimum absolute atomic E-state index is 0.412. The maximum absolute atomic E-state index is 11.3. The average molecular weight is 276 g/mol. The molecule has 0 spiro atoms. The van der Waals surface area contributed by atoms with Crippen molar-refractivity contribution >= 4 is 16.5 Å². The molecule has 1 aliphatic rings. The quantitative estimate of drug-likeness (QED) is 0.925. The molecule has 0 unspecified atom stereocenters. The van der Waals surface area contributed by atoms with Crippen molar-refractivity contribution in [3.63, 3.8) is 0 Å². The van der Waals surface area contributed by atoms with Gasteiger partial charge in [0.25, 0.3) is 0 Å². The summed E-state index contributed by atoms with van der Waals surface area (Å²) in [5.74, 6) is 2.41. The lowest BCUT2D eigenvalue weighted by Gasteiger charge is -2.23. The van der Waals surface area contributed by atoms with Crippen molar-refractivity contribution in [2.75, 3.05) is 16.8 Å². The monoisotopic (exact) mass is 276 g/mol. The third-order valence-electron chi connectivity index (χ3n) is 3.25. The summed E-state index contributed by atoms with van der Waals surface area (Å²) in [7, 11) is -0.610. The molecule has 3 rings (SSSR count). The van der Waals surface area contributed by atoms with Crippen LogP contribution >= 0.6 is 0 Å². The second-order valence-corrected chi connectivity index (χ2v) is 6.32. The van der Waals surface area contributed by atoms with Crippen LogP contribution in [0.4, 0.5) is 5.69 Å². The Hall–Kier alpha value is -1.69. The van der Waals surface area contributed by atoms with Gasteiger partial charge in [0, 0.05) is 40.7 Å².